The van der Waals surface area contributed by atoms with Crippen LogP contribution in [-0.4, -0.2) is 131 Å². The molecule has 17 nitrogen and oxygen atoms in total. The van der Waals surface area contributed by atoms with E-state index in [0.717, 1.165) is 24.3 Å². The van der Waals surface area contributed by atoms with Crippen molar-refractivity contribution in [2.45, 2.75) is 61.4 Å². The van der Waals surface area contributed by atoms with Crippen molar-refractivity contribution in [1.29, 1.82) is 0 Å². The van der Waals surface area contributed by atoms with Crippen LogP contribution in [0, 0.1) is 0 Å². The lowest BCUT2D eigenvalue weighted by atomic mass is 9.97. The summed E-state index contributed by atoms with van der Waals surface area (Å²) in [5.41, 5.74) is -1.31. The second kappa shape index (κ2) is 12.3. The summed E-state index contributed by atoms with van der Waals surface area (Å²) in [6.07, 6.45) is -17.8. The number of hydrogen-bond acceptors (Lipinski definition) is 17. The van der Waals surface area contributed by atoms with Crippen molar-refractivity contribution in [2.24, 2.45) is 0 Å². The molecule has 10 atom stereocenters. The number of hydrogen-bond donors (Lipinski definition) is 11. The molecule has 3 aromatic rings. The zero-order chi connectivity index (χ0) is 32.0. The lowest BCUT2D eigenvalue weighted by Crippen LogP contribution is -2.65. The first-order chi connectivity index (χ1) is 20.9. The number of ether oxygens (including phenoxy) is 4. The van der Waals surface area contributed by atoms with E-state index in [0.29, 0.717) is 0 Å². The van der Waals surface area contributed by atoms with E-state index < -0.39 is 120 Å². The molecule has 0 saturated carbocycles. The zero-order valence-electron chi connectivity index (χ0n) is 22.4. The van der Waals surface area contributed by atoms with E-state index in [-0.39, 0.29) is 11.3 Å². The predicted molar refractivity (Wildman–Crippen MR) is 142 cm³/mol. The summed E-state index contributed by atoms with van der Waals surface area (Å²) >= 11 is 0. The van der Waals surface area contributed by atoms with E-state index >= 15 is 0 Å². The lowest BCUT2D eigenvalue weighted by molar-refractivity contribution is -0.357. The number of rotatable bonds is 7. The molecule has 240 valence electrons. The lowest BCUT2D eigenvalue weighted by Gasteiger charge is -2.45. The number of aliphatic hydroxyl groups excluding tert-OH is 7. The third kappa shape index (κ3) is 5.61. The molecule has 17 heteroatoms. The van der Waals surface area contributed by atoms with Gasteiger partial charge in [-0.05, 0) is 18.2 Å². The topological polar surface area (TPSA) is 290 Å². The minimum Gasteiger partial charge on any atom is -0.507 e. The van der Waals surface area contributed by atoms with Crippen LogP contribution in [0.25, 0.3) is 22.3 Å². The SMILES string of the molecule is O=c1cc(-c2ccc(O)c(O)c2)oc2c(O[C@@H]3O[C@H](CO)[C@@H](O)[C@H](O)[C@H]3O[C@H]3O[C@@H](CO)[C@@H](O)[C@@H](O)[C@@H]3O)c(O)cc(O)c12. The van der Waals surface area contributed by atoms with Crippen molar-refractivity contribution in [3.8, 4) is 40.1 Å². The number of fused-ring (bicyclic) bond motifs is 1. The summed E-state index contributed by atoms with van der Waals surface area (Å²) in [4.78, 5) is 13.0. The smallest absolute Gasteiger partial charge is 0.230 e. The highest BCUT2D eigenvalue weighted by atomic mass is 16.8. The minimum absolute atomic E-state index is 0.0877. The number of aliphatic hydroxyl groups is 7. The molecule has 2 aromatic carbocycles. The van der Waals surface area contributed by atoms with Gasteiger partial charge in [-0.2, -0.15) is 0 Å². The van der Waals surface area contributed by atoms with Crippen LogP contribution in [0.4, 0.5) is 0 Å². The zero-order valence-corrected chi connectivity index (χ0v) is 22.4. The van der Waals surface area contributed by atoms with Crippen LogP contribution < -0.4 is 10.2 Å². The highest BCUT2D eigenvalue weighted by Crippen LogP contribution is 2.43. The van der Waals surface area contributed by atoms with E-state index in [1.54, 1.807) is 0 Å². The predicted octanol–water partition coefficient (Wildman–Crippen LogP) is -2.71. The van der Waals surface area contributed by atoms with Gasteiger partial charge in [0, 0.05) is 17.7 Å². The van der Waals surface area contributed by atoms with Crippen LogP contribution in [0.3, 0.4) is 0 Å². The average Bonchev–Trinajstić information content (AvgIpc) is 2.99. The Bertz CT molecular complexity index is 1560. The highest BCUT2D eigenvalue weighted by molar-refractivity contribution is 5.91. The van der Waals surface area contributed by atoms with E-state index in [1.165, 1.54) is 6.07 Å². The number of aromatic hydroxyl groups is 4. The Kier molecular flexibility index (Phi) is 8.87. The van der Waals surface area contributed by atoms with Gasteiger partial charge >= 0.3 is 0 Å². The van der Waals surface area contributed by atoms with E-state index in [9.17, 15) is 61.0 Å². The summed E-state index contributed by atoms with van der Waals surface area (Å²) in [5, 5.41) is 112. The summed E-state index contributed by atoms with van der Waals surface area (Å²) in [6, 6.07) is 5.18. The van der Waals surface area contributed by atoms with Gasteiger partial charge in [0.1, 0.15) is 59.6 Å². The first-order valence-electron chi connectivity index (χ1n) is 13.2. The normalized spacial score (nSPS) is 32.5. The molecule has 5 rings (SSSR count). The molecule has 2 aliphatic heterocycles. The van der Waals surface area contributed by atoms with Crippen molar-refractivity contribution in [3.05, 3.63) is 40.6 Å². The Morgan fingerprint density at radius 3 is 1.95 bits per heavy atom. The van der Waals surface area contributed by atoms with Crippen molar-refractivity contribution < 1.29 is 79.5 Å². The van der Waals surface area contributed by atoms with Gasteiger partial charge in [-0.3, -0.25) is 4.79 Å². The van der Waals surface area contributed by atoms with E-state index in [2.05, 4.69) is 0 Å². The summed E-state index contributed by atoms with van der Waals surface area (Å²) in [5.74, 6) is -3.43. The van der Waals surface area contributed by atoms with E-state index in [4.69, 9.17) is 23.4 Å². The van der Waals surface area contributed by atoms with Crippen LogP contribution >= 0.6 is 0 Å². The molecule has 0 amide bonds. The molecule has 0 aliphatic carbocycles. The average molecular weight is 627 g/mol. The number of benzene rings is 2. The molecule has 3 heterocycles. The van der Waals surface area contributed by atoms with Gasteiger partial charge in [-0.15, -0.1) is 0 Å². The maximum atomic E-state index is 13.0. The van der Waals surface area contributed by atoms with Crippen molar-refractivity contribution >= 4 is 11.0 Å². The Balaban J connectivity index is 1.57. The summed E-state index contributed by atoms with van der Waals surface area (Å²) < 4.78 is 28.0. The standard InChI is InChI=1S/C27H30O17/c28-6-15-18(35)20(37)22(39)26(41-15)44-25-21(38)19(36)16(7-29)42-27(25)43-23-13(34)4-11(32)17-12(33)5-14(40-24(17)23)8-1-2-9(30)10(31)3-8/h1-5,15-16,18-22,25-32,34-39H,6-7H2/t15-,16+,18+,19+,20+,21-,22-,25+,26+,27-/m0/s1. The molecule has 44 heavy (non-hydrogen) atoms. The van der Waals surface area contributed by atoms with Crippen molar-refractivity contribution in [2.75, 3.05) is 13.2 Å². The molecular formula is C27H30O17. The second-order valence-electron chi connectivity index (χ2n) is 10.2. The van der Waals surface area contributed by atoms with E-state index in [1.807, 2.05) is 0 Å². The van der Waals surface area contributed by atoms with Crippen LogP contribution in [0.2, 0.25) is 0 Å². The van der Waals surface area contributed by atoms with Crippen LogP contribution in [-0.2, 0) is 14.2 Å². The van der Waals surface area contributed by atoms with Gasteiger partial charge in [-0.25, -0.2) is 0 Å². The minimum atomic E-state index is -1.95. The summed E-state index contributed by atoms with van der Waals surface area (Å²) in [7, 11) is 0. The quantitative estimate of drug-likeness (QED) is 0.119. The number of phenols is 4. The molecule has 0 spiro atoms. The van der Waals surface area contributed by atoms with Gasteiger partial charge in [0.25, 0.3) is 0 Å². The second-order valence-corrected chi connectivity index (χ2v) is 10.2. The van der Waals surface area contributed by atoms with Gasteiger partial charge in [-0.1, -0.05) is 0 Å². The highest BCUT2D eigenvalue weighted by Gasteiger charge is 2.51. The maximum absolute atomic E-state index is 13.0. The largest absolute Gasteiger partial charge is 0.507 e. The molecule has 11 N–H and O–H groups in total. The van der Waals surface area contributed by atoms with Gasteiger partial charge < -0.3 is 79.5 Å². The number of phenolic OH excluding ortho intramolecular Hbond substituents is 4. The molecule has 2 fully saturated rings. The first-order valence-corrected chi connectivity index (χ1v) is 13.2. The Morgan fingerprint density at radius 1 is 0.682 bits per heavy atom. The molecule has 1 aromatic heterocycles. The molecule has 2 aliphatic rings. The fourth-order valence-electron chi connectivity index (χ4n) is 4.96. The fraction of sp³-hybridized carbons (Fsp3) is 0.444. The third-order valence-corrected chi connectivity index (χ3v) is 7.37. The fourth-order valence-corrected chi connectivity index (χ4v) is 4.96. The van der Waals surface area contributed by atoms with Crippen LogP contribution in [0.5, 0.6) is 28.7 Å². The molecular weight excluding hydrogens is 596 g/mol. The van der Waals surface area contributed by atoms with Gasteiger partial charge in [0.15, 0.2) is 40.7 Å². The Morgan fingerprint density at radius 2 is 1.32 bits per heavy atom. The van der Waals surface area contributed by atoms with Crippen molar-refractivity contribution in [3.63, 3.8) is 0 Å². The molecule has 0 radical (unpaired) electrons. The first kappa shape index (κ1) is 31.7. The maximum Gasteiger partial charge on any atom is 0.230 e. The van der Waals surface area contributed by atoms with Crippen LogP contribution in [0.15, 0.2) is 39.5 Å². The third-order valence-electron chi connectivity index (χ3n) is 7.37. The van der Waals surface area contributed by atoms with Gasteiger partial charge in [0.2, 0.25) is 12.0 Å². The Hall–Kier alpha value is -3.75. The van der Waals surface area contributed by atoms with Crippen LogP contribution in [0.1, 0.15) is 0 Å². The monoisotopic (exact) mass is 626 g/mol. The molecule has 0 unspecified atom stereocenters. The van der Waals surface area contributed by atoms with Gasteiger partial charge in [0.05, 0.1) is 13.2 Å². The van der Waals surface area contributed by atoms with Crippen molar-refractivity contribution in [1.82, 2.24) is 0 Å². The molecule has 0 bridgehead atoms. The molecule has 2 saturated heterocycles. The summed E-state index contributed by atoms with van der Waals surface area (Å²) in [6.45, 7) is -1.66. The Labute approximate surface area is 246 Å².